The summed E-state index contributed by atoms with van der Waals surface area (Å²) in [7, 11) is 1.71. The number of nitrogens with zero attached hydrogens (tertiary/aromatic N) is 1. The third kappa shape index (κ3) is 5.37. The lowest BCUT2D eigenvalue weighted by Crippen LogP contribution is -2.37. The van der Waals surface area contributed by atoms with Gasteiger partial charge in [0.2, 0.25) is 5.91 Å². The highest BCUT2D eigenvalue weighted by atomic mass is 79.9. The summed E-state index contributed by atoms with van der Waals surface area (Å²) in [5, 5.41) is 3.18. The summed E-state index contributed by atoms with van der Waals surface area (Å²) in [5.41, 5.74) is 1.49. The van der Waals surface area contributed by atoms with E-state index in [4.69, 9.17) is 11.6 Å². The molecule has 0 spiro atoms. The smallest absolute Gasteiger partial charge is 0.251 e. The van der Waals surface area contributed by atoms with E-state index < -0.39 is 0 Å². The van der Waals surface area contributed by atoms with E-state index in [2.05, 4.69) is 21.2 Å². The molecule has 2 amide bonds. The van der Waals surface area contributed by atoms with E-state index in [1.54, 1.807) is 36.2 Å². The lowest BCUT2D eigenvalue weighted by atomic mass is 10.2. The molecule has 0 heterocycles. The van der Waals surface area contributed by atoms with Gasteiger partial charge in [-0.1, -0.05) is 39.7 Å². The van der Waals surface area contributed by atoms with E-state index in [1.807, 2.05) is 24.3 Å². The Morgan fingerprint density at radius 1 is 1.09 bits per heavy atom. The zero-order chi connectivity index (χ0) is 16.8. The topological polar surface area (TPSA) is 49.4 Å². The highest BCUT2D eigenvalue weighted by Crippen LogP contribution is 2.12. The van der Waals surface area contributed by atoms with Crippen molar-refractivity contribution < 1.29 is 9.59 Å². The van der Waals surface area contributed by atoms with Crippen LogP contribution in [0.25, 0.3) is 0 Å². The molecule has 0 aliphatic rings. The molecule has 23 heavy (non-hydrogen) atoms. The quantitative estimate of drug-likeness (QED) is 0.842. The van der Waals surface area contributed by atoms with E-state index in [-0.39, 0.29) is 18.4 Å². The molecule has 120 valence electrons. The standard InChI is InChI=1S/C17H16BrClN2O2/c1-21(11-12-2-6-14(18)7-3-12)16(22)10-20-17(23)13-4-8-15(19)9-5-13/h2-9H,10-11H2,1H3,(H,20,23). The molecule has 0 bridgehead atoms. The van der Waals surface area contributed by atoms with Gasteiger partial charge in [0, 0.05) is 28.7 Å². The van der Waals surface area contributed by atoms with Gasteiger partial charge in [-0.15, -0.1) is 0 Å². The number of likely N-dealkylation sites (N-methyl/N-ethyl adjacent to an activating group) is 1. The predicted octanol–water partition coefficient (Wildman–Crippen LogP) is 3.49. The van der Waals surface area contributed by atoms with Gasteiger partial charge < -0.3 is 10.2 Å². The zero-order valence-electron chi connectivity index (χ0n) is 12.6. The van der Waals surface area contributed by atoms with Gasteiger partial charge in [0.1, 0.15) is 0 Å². The van der Waals surface area contributed by atoms with Crippen molar-refractivity contribution in [3.63, 3.8) is 0 Å². The predicted molar refractivity (Wildman–Crippen MR) is 94.4 cm³/mol. The van der Waals surface area contributed by atoms with Gasteiger partial charge in [0.25, 0.3) is 5.91 Å². The number of hydrogen-bond acceptors (Lipinski definition) is 2. The summed E-state index contributed by atoms with van der Waals surface area (Å²) in [5.74, 6) is -0.456. The van der Waals surface area contributed by atoms with Gasteiger partial charge in [-0.2, -0.15) is 0 Å². The van der Waals surface area contributed by atoms with Crippen molar-refractivity contribution in [2.24, 2.45) is 0 Å². The maximum absolute atomic E-state index is 12.1. The van der Waals surface area contributed by atoms with Gasteiger partial charge in [0.05, 0.1) is 6.54 Å². The van der Waals surface area contributed by atoms with Crippen molar-refractivity contribution in [1.82, 2.24) is 10.2 Å². The normalized spacial score (nSPS) is 10.2. The first-order valence-corrected chi connectivity index (χ1v) is 8.15. The molecule has 0 atom stereocenters. The molecule has 4 nitrogen and oxygen atoms in total. The Morgan fingerprint density at radius 2 is 1.70 bits per heavy atom. The third-order valence-electron chi connectivity index (χ3n) is 3.27. The van der Waals surface area contributed by atoms with Crippen LogP contribution in [0.5, 0.6) is 0 Å². The second-order valence-corrected chi connectivity index (χ2v) is 6.42. The van der Waals surface area contributed by atoms with Crippen molar-refractivity contribution in [3.8, 4) is 0 Å². The van der Waals surface area contributed by atoms with Gasteiger partial charge in [-0.25, -0.2) is 0 Å². The molecule has 0 aliphatic heterocycles. The maximum atomic E-state index is 12.1. The van der Waals surface area contributed by atoms with Crippen LogP contribution in [0.4, 0.5) is 0 Å². The molecule has 0 aliphatic carbocycles. The third-order valence-corrected chi connectivity index (χ3v) is 4.05. The molecule has 0 saturated carbocycles. The molecule has 0 aromatic heterocycles. The second-order valence-electron chi connectivity index (χ2n) is 5.07. The lowest BCUT2D eigenvalue weighted by molar-refractivity contribution is -0.129. The van der Waals surface area contributed by atoms with Crippen molar-refractivity contribution >= 4 is 39.3 Å². The summed E-state index contributed by atoms with van der Waals surface area (Å²) in [6, 6.07) is 14.3. The molecule has 1 N–H and O–H groups in total. The van der Waals surface area contributed by atoms with Crippen LogP contribution in [0.1, 0.15) is 15.9 Å². The van der Waals surface area contributed by atoms with E-state index in [0.29, 0.717) is 17.1 Å². The average molecular weight is 396 g/mol. The highest BCUT2D eigenvalue weighted by Gasteiger charge is 2.12. The summed E-state index contributed by atoms with van der Waals surface area (Å²) >= 11 is 9.15. The van der Waals surface area contributed by atoms with Crippen LogP contribution in [-0.4, -0.2) is 30.3 Å². The van der Waals surface area contributed by atoms with Crippen molar-refractivity contribution in [2.75, 3.05) is 13.6 Å². The Bertz CT molecular complexity index is 687. The minimum atomic E-state index is -0.299. The molecule has 2 aromatic rings. The number of hydrogen-bond donors (Lipinski definition) is 1. The van der Waals surface area contributed by atoms with Crippen LogP contribution in [0.2, 0.25) is 5.02 Å². The molecule has 6 heteroatoms. The maximum Gasteiger partial charge on any atom is 0.251 e. The van der Waals surface area contributed by atoms with Gasteiger partial charge >= 0.3 is 0 Å². The first-order chi connectivity index (χ1) is 11.0. The van der Waals surface area contributed by atoms with Gasteiger partial charge in [0.15, 0.2) is 0 Å². The fourth-order valence-corrected chi connectivity index (χ4v) is 2.34. The first kappa shape index (κ1) is 17.5. The van der Waals surface area contributed by atoms with Crippen molar-refractivity contribution in [2.45, 2.75) is 6.54 Å². The fraction of sp³-hybridized carbons (Fsp3) is 0.176. The minimum Gasteiger partial charge on any atom is -0.343 e. The number of amides is 2. The molecule has 0 unspecified atom stereocenters. The molecule has 0 fully saturated rings. The Balaban J connectivity index is 1.84. The van der Waals surface area contributed by atoms with Gasteiger partial charge in [-0.3, -0.25) is 9.59 Å². The summed E-state index contributed by atoms with van der Waals surface area (Å²) in [4.78, 5) is 25.6. The summed E-state index contributed by atoms with van der Waals surface area (Å²) in [6.07, 6.45) is 0. The Labute approximate surface area is 148 Å². The first-order valence-electron chi connectivity index (χ1n) is 6.98. The van der Waals surface area contributed by atoms with Crippen LogP contribution >= 0.6 is 27.5 Å². The number of halogens is 2. The van der Waals surface area contributed by atoms with E-state index in [0.717, 1.165) is 10.0 Å². The minimum absolute atomic E-state index is 0.0471. The van der Waals surface area contributed by atoms with Crippen LogP contribution in [-0.2, 0) is 11.3 Å². The number of benzene rings is 2. The van der Waals surface area contributed by atoms with Gasteiger partial charge in [-0.05, 0) is 42.0 Å². The van der Waals surface area contributed by atoms with Crippen LogP contribution in [0, 0.1) is 0 Å². The Hall–Kier alpha value is -1.85. The molecule has 0 radical (unpaired) electrons. The largest absolute Gasteiger partial charge is 0.343 e. The lowest BCUT2D eigenvalue weighted by Gasteiger charge is -2.17. The molecule has 2 rings (SSSR count). The Kier molecular flexibility index (Phi) is 6.19. The molecule has 0 saturated heterocycles. The SMILES string of the molecule is CN(Cc1ccc(Br)cc1)C(=O)CNC(=O)c1ccc(Cl)cc1. The summed E-state index contributed by atoms with van der Waals surface area (Å²) < 4.78 is 0.991. The average Bonchev–Trinajstić information content (AvgIpc) is 2.55. The monoisotopic (exact) mass is 394 g/mol. The van der Waals surface area contributed by atoms with Crippen molar-refractivity contribution in [3.05, 3.63) is 69.2 Å². The van der Waals surface area contributed by atoms with Crippen LogP contribution in [0.15, 0.2) is 53.0 Å². The number of rotatable bonds is 5. The summed E-state index contributed by atoms with van der Waals surface area (Å²) in [6.45, 7) is 0.442. The second kappa shape index (κ2) is 8.13. The zero-order valence-corrected chi connectivity index (χ0v) is 14.9. The van der Waals surface area contributed by atoms with Crippen LogP contribution < -0.4 is 5.32 Å². The number of nitrogens with one attached hydrogen (secondary N) is 1. The number of carbonyl (C=O) groups is 2. The molecule has 2 aromatic carbocycles. The fourth-order valence-electron chi connectivity index (χ4n) is 1.95. The molecular weight excluding hydrogens is 380 g/mol. The number of carbonyl (C=O) groups excluding carboxylic acids is 2. The van der Waals surface area contributed by atoms with Crippen LogP contribution in [0.3, 0.4) is 0 Å². The van der Waals surface area contributed by atoms with E-state index >= 15 is 0 Å². The highest BCUT2D eigenvalue weighted by molar-refractivity contribution is 9.10. The molecular formula is C17H16BrClN2O2. The van der Waals surface area contributed by atoms with E-state index in [9.17, 15) is 9.59 Å². The Morgan fingerprint density at radius 3 is 2.30 bits per heavy atom. The van der Waals surface area contributed by atoms with Crippen molar-refractivity contribution in [1.29, 1.82) is 0 Å². The van der Waals surface area contributed by atoms with E-state index in [1.165, 1.54) is 0 Å².